The van der Waals surface area contributed by atoms with Crippen LogP contribution in [0.1, 0.15) is 51.1 Å². The molecule has 0 bridgehead atoms. The van der Waals surface area contributed by atoms with E-state index < -0.39 is 0 Å². The van der Waals surface area contributed by atoms with Crippen molar-refractivity contribution in [2.24, 2.45) is 4.99 Å². The van der Waals surface area contributed by atoms with Crippen molar-refractivity contribution in [2.45, 2.75) is 51.6 Å². The lowest BCUT2D eigenvalue weighted by molar-refractivity contribution is -0.121. The first-order chi connectivity index (χ1) is 13.6. The minimum atomic E-state index is 0. The van der Waals surface area contributed by atoms with Gasteiger partial charge in [-0.1, -0.05) is 43.6 Å². The average Bonchev–Trinajstić information content (AvgIpc) is 3.51. The van der Waals surface area contributed by atoms with E-state index >= 15 is 0 Å². The second-order valence-corrected chi connectivity index (χ2v) is 7.49. The molecular weight excluding hydrogens is 501 g/mol. The second kappa shape index (κ2) is 14.0. The van der Waals surface area contributed by atoms with Gasteiger partial charge >= 0.3 is 0 Å². The molecule has 2 rings (SSSR count). The zero-order valence-corrected chi connectivity index (χ0v) is 20.8. The molecule has 1 unspecified atom stereocenters. The molecular formula is C21H35ClIN5O. The lowest BCUT2D eigenvalue weighted by atomic mass is 10.0. The first-order valence-electron chi connectivity index (χ1n) is 10.3. The van der Waals surface area contributed by atoms with Gasteiger partial charge in [0.2, 0.25) is 5.91 Å². The number of likely N-dealkylation sites (N-methyl/N-ethyl adjacent to an activating group) is 1. The Morgan fingerprint density at radius 2 is 1.93 bits per heavy atom. The number of nitrogens with zero attached hydrogens (tertiary/aromatic N) is 2. The van der Waals surface area contributed by atoms with Crippen LogP contribution in [0, 0.1) is 0 Å². The van der Waals surface area contributed by atoms with Gasteiger partial charge in [-0.15, -0.1) is 24.0 Å². The Morgan fingerprint density at radius 3 is 2.52 bits per heavy atom. The zero-order chi connectivity index (χ0) is 20.4. The number of hydrogen-bond donors (Lipinski definition) is 3. The predicted octanol–water partition coefficient (Wildman–Crippen LogP) is 3.56. The van der Waals surface area contributed by atoms with E-state index in [4.69, 9.17) is 11.6 Å². The summed E-state index contributed by atoms with van der Waals surface area (Å²) < 4.78 is 0. The molecule has 1 amide bonds. The summed E-state index contributed by atoms with van der Waals surface area (Å²) in [5.74, 6) is 0.888. The Hall–Kier alpha value is -1.06. The van der Waals surface area contributed by atoms with E-state index in [1.54, 1.807) is 7.05 Å². The minimum Gasteiger partial charge on any atom is -0.356 e. The standard InChI is InChI=1S/C21H34ClN5O.HI/c1-4-27(5-2)19(17-9-6-7-10-18(17)22)15-25-21(23-3)24-14-8-11-20(28)26-16-12-13-16;/h6-7,9-10,16,19H,4-5,8,11-15H2,1-3H3,(H,26,28)(H2,23,24,25);1H. The molecule has 1 aromatic carbocycles. The molecule has 0 saturated heterocycles. The Kier molecular flexibility index (Phi) is 12.6. The zero-order valence-electron chi connectivity index (χ0n) is 17.7. The summed E-state index contributed by atoms with van der Waals surface area (Å²) in [6, 6.07) is 8.59. The SMILES string of the molecule is CCN(CC)C(CNC(=NC)NCCCC(=O)NC1CC1)c1ccccc1Cl.I. The van der Waals surface area contributed by atoms with Crippen molar-refractivity contribution >= 4 is 47.4 Å². The van der Waals surface area contributed by atoms with Gasteiger partial charge in [0.1, 0.15) is 0 Å². The fourth-order valence-electron chi connectivity index (χ4n) is 3.24. The number of hydrogen-bond acceptors (Lipinski definition) is 3. The topological polar surface area (TPSA) is 68.8 Å². The number of carbonyl (C=O) groups excluding carboxylic acids is 1. The predicted molar refractivity (Wildman–Crippen MR) is 132 cm³/mol. The molecule has 0 aliphatic heterocycles. The van der Waals surface area contributed by atoms with E-state index in [-0.39, 0.29) is 35.9 Å². The van der Waals surface area contributed by atoms with E-state index in [1.165, 1.54) is 0 Å². The maximum Gasteiger partial charge on any atom is 0.220 e. The number of rotatable bonds is 11. The van der Waals surface area contributed by atoms with Crippen molar-refractivity contribution < 1.29 is 4.79 Å². The highest BCUT2D eigenvalue weighted by molar-refractivity contribution is 14.0. The van der Waals surface area contributed by atoms with Crippen molar-refractivity contribution in [3.8, 4) is 0 Å². The molecule has 0 heterocycles. The molecule has 164 valence electrons. The van der Waals surface area contributed by atoms with Crippen LogP contribution in [0.25, 0.3) is 0 Å². The smallest absolute Gasteiger partial charge is 0.220 e. The number of aliphatic imine (C=N–C) groups is 1. The van der Waals surface area contributed by atoms with Gasteiger partial charge < -0.3 is 16.0 Å². The Labute approximate surface area is 197 Å². The van der Waals surface area contributed by atoms with E-state index in [2.05, 4.69) is 45.8 Å². The van der Waals surface area contributed by atoms with Crippen molar-refractivity contribution in [1.82, 2.24) is 20.9 Å². The fourth-order valence-corrected chi connectivity index (χ4v) is 3.50. The van der Waals surface area contributed by atoms with Crippen molar-refractivity contribution in [2.75, 3.05) is 33.2 Å². The Bertz CT molecular complexity index is 650. The summed E-state index contributed by atoms with van der Waals surface area (Å²) >= 11 is 6.46. The monoisotopic (exact) mass is 535 g/mol. The van der Waals surface area contributed by atoms with Crippen LogP contribution in [-0.2, 0) is 4.79 Å². The molecule has 1 aliphatic rings. The molecule has 1 aromatic rings. The first kappa shape index (κ1) is 26.0. The summed E-state index contributed by atoms with van der Waals surface area (Å²) in [6.45, 7) is 7.61. The Morgan fingerprint density at radius 1 is 1.24 bits per heavy atom. The number of amides is 1. The summed E-state index contributed by atoms with van der Waals surface area (Å²) in [5, 5.41) is 10.5. The fraction of sp³-hybridized carbons (Fsp3) is 0.619. The maximum absolute atomic E-state index is 11.7. The quantitative estimate of drug-likeness (QED) is 0.175. The molecule has 0 aromatic heterocycles. The first-order valence-corrected chi connectivity index (χ1v) is 10.7. The van der Waals surface area contributed by atoms with Crippen LogP contribution in [-0.4, -0.2) is 56.0 Å². The lowest BCUT2D eigenvalue weighted by Crippen LogP contribution is -2.43. The molecule has 29 heavy (non-hydrogen) atoms. The van der Waals surface area contributed by atoms with Gasteiger partial charge in [-0.05, 0) is 44.0 Å². The number of benzene rings is 1. The van der Waals surface area contributed by atoms with Crippen LogP contribution < -0.4 is 16.0 Å². The molecule has 1 fully saturated rings. The van der Waals surface area contributed by atoms with Gasteiger partial charge in [0, 0.05) is 37.6 Å². The summed E-state index contributed by atoms with van der Waals surface area (Å²) in [4.78, 5) is 18.4. The van der Waals surface area contributed by atoms with Gasteiger partial charge in [-0.3, -0.25) is 14.7 Å². The molecule has 1 atom stereocenters. The molecule has 8 heteroatoms. The molecule has 0 spiro atoms. The Balaban J connectivity index is 0.00000420. The third-order valence-corrected chi connectivity index (χ3v) is 5.36. The number of guanidine groups is 1. The van der Waals surface area contributed by atoms with Crippen LogP contribution in [0.2, 0.25) is 5.02 Å². The highest BCUT2D eigenvalue weighted by Crippen LogP contribution is 2.26. The van der Waals surface area contributed by atoms with Crippen molar-refractivity contribution in [3.05, 3.63) is 34.9 Å². The number of halogens is 2. The minimum absolute atomic E-state index is 0. The lowest BCUT2D eigenvalue weighted by Gasteiger charge is -2.31. The van der Waals surface area contributed by atoms with Crippen molar-refractivity contribution in [3.63, 3.8) is 0 Å². The number of nitrogens with one attached hydrogen (secondary N) is 3. The van der Waals surface area contributed by atoms with Crippen LogP contribution >= 0.6 is 35.6 Å². The van der Waals surface area contributed by atoms with Gasteiger partial charge in [-0.25, -0.2) is 0 Å². The van der Waals surface area contributed by atoms with E-state index in [0.717, 1.165) is 48.9 Å². The maximum atomic E-state index is 11.7. The van der Waals surface area contributed by atoms with Crippen LogP contribution in [0.3, 0.4) is 0 Å². The summed E-state index contributed by atoms with van der Waals surface area (Å²) in [5.41, 5.74) is 1.12. The number of carbonyl (C=O) groups is 1. The molecule has 1 saturated carbocycles. The summed E-state index contributed by atoms with van der Waals surface area (Å²) in [6.07, 6.45) is 3.57. The highest BCUT2D eigenvalue weighted by atomic mass is 127. The normalized spacial score (nSPS) is 14.9. The molecule has 0 radical (unpaired) electrons. The van der Waals surface area contributed by atoms with Crippen molar-refractivity contribution in [1.29, 1.82) is 0 Å². The van der Waals surface area contributed by atoms with Crippen LogP contribution in [0.5, 0.6) is 0 Å². The van der Waals surface area contributed by atoms with Gasteiger partial charge in [0.25, 0.3) is 0 Å². The molecule has 6 nitrogen and oxygen atoms in total. The van der Waals surface area contributed by atoms with E-state index in [0.29, 0.717) is 25.6 Å². The van der Waals surface area contributed by atoms with Gasteiger partial charge in [-0.2, -0.15) is 0 Å². The third kappa shape index (κ3) is 9.09. The van der Waals surface area contributed by atoms with Crippen LogP contribution in [0.4, 0.5) is 0 Å². The van der Waals surface area contributed by atoms with Crippen LogP contribution in [0.15, 0.2) is 29.3 Å². The second-order valence-electron chi connectivity index (χ2n) is 7.08. The average molecular weight is 536 g/mol. The van der Waals surface area contributed by atoms with Gasteiger partial charge in [0.05, 0.1) is 6.04 Å². The third-order valence-electron chi connectivity index (χ3n) is 5.02. The summed E-state index contributed by atoms with van der Waals surface area (Å²) in [7, 11) is 1.76. The van der Waals surface area contributed by atoms with E-state index in [9.17, 15) is 4.79 Å². The molecule has 1 aliphatic carbocycles. The largest absolute Gasteiger partial charge is 0.356 e. The highest BCUT2D eigenvalue weighted by Gasteiger charge is 2.23. The van der Waals surface area contributed by atoms with E-state index in [1.807, 2.05) is 18.2 Å². The molecule has 3 N–H and O–H groups in total. The van der Waals surface area contributed by atoms with Gasteiger partial charge in [0.15, 0.2) is 5.96 Å².